The van der Waals surface area contributed by atoms with E-state index in [1.165, 1.54) is 24.8 Å². The van der Waals surface area contributed by atoms with E-state index in [0.717, 1.165) is 45.3 Å². The lowest BCUT2D eigenvalue weighted by Crippen LogP contribution is -2.44. The van der Waals surface area contributed by atoms with Crippen LogP contribution in [0, 0.1) is 5.41 Å². The van der Waals surface area contributed by atoms with E-state index in [-0.39, 0.29) is 0 Å². The Kier molecular flexibility index (Phi) is 4.88. The van der Waals surface area contributed by atoms with Crippen molar-refractivity contribution >= 4 is 0 Å². The summed E-state index contributed by atoms with van der Waals surface area (Å²) in [6, 6.07) is 5.00. The summed E-state index contributed by atoms with van der Waals surface area (Å²) in [7, 11) is 2.23. The molecule has 1 atom stereocenters. The fourth-order valence-corrected chi connectivity index (χ4v) is 3.14. The molecule has 1 N–H and O–H groups in total. The highest BCUT2D eigenvalue weighted by atomic mass is 16.5. The van der Waals surface area contributed by atoms with Crippen LogP contribution in [-0.2, 0) is 11.2 Å². The molecular weight excluding hydrogens is 262 g/mol. The molecule has 2 heterocycles. The minimum absolute atomic E-state index is 0.315. The van der Waals surface area contributed by atoms with E-state index in [0.29, 0.717) is 5.41 Å². The summed E-state index contributed by atoms with van der Waals surface area (Å²) in [6.45, 7) is 5.15. The van der Waals surface area contributed by atoms with Gasteiger partial charge in [-0.1, -0.05) is 0 Å². The molecule has 0 bridgehead atoms. The quantitative estimate of drug-likeness (QED) is 0.790. The molecule has 2 fully saturated rings. The molecule has 1 unspecified atom stereocenters. The van der Waals surface area contributed by atoms with Crippen LogP contribution in [0.25, 0.3) is 0 Å². The highest BCUT2D eigenvalue weighted by molar-refractivity contribution is 5.09. The molecule has 0 amide bonds. The molecule has 116 valence electrons. The summed E-state index contributed by atoms with van der Waals surface area (Å²) < 4.78 is 5.70. The Labute approximate surface area is 127 Å². The Balaban J connectivity index is 1.47. The summed E-state index contributed by atoms with van der Waals surface area (Å²) >= 11 is 0. The number of nitrogens with one attached hydrogen (secondary N) is 1. The topological polar surface area (TPSA) is 37.4 Å². The van der Waals surface area contributed by atoms with Gasteiger partial charge < -0.3 is 15.0 Å². The molecule has 21 heavy (non-hydrogen) atoms. The first kappa shape index (κ1) is 14.9. The Morgan fingerprint density at radius 1 is 1.38 bits per heavy atom. The molecule has 0 spiro atoms. The number of likely N-dealkylation sites (N-methyl/N-ethyl adjacent to an activating group) is 1. The highest BCUT2D eigenvalue weighted by Gasteiger charge is 2.37. The number of rotatable bonds is 8. The van der Waals surface area contributed by atoms with Gasteiger partial charge in [-0.25, -0.2) is 0 Å². The fourth-order valence-electron chi connectivity index (χ4n) is 3.14. The number of aromatic nitrogens is 1. The number of hydrogen-bond acceptors (Lipinski definition) is 4. The third-order valence-electron chi connectivity index (χ3n) is 4.66. The van der Waals surface area contributed by atoms with Gasteiger partial charge in [0.15, 0.2) is 0 Å². The van der Waals surface area contributed by atoms with Crippen LogP contribution in [0.1, 0.15) is 24.8 Å². The Morgan fingerprint density at radius 2 is 2.19 bits per heavy atom. The molecule has 3 rings (SSSR count). The van der Waals surface area contributed by atoms with E-state index in [9.17, 15) is 0 Å². The van der Waals surface area contributed by atoms with E-state index in [1.54, 1.807) is 0 Å². The summed E-state index contributed by atoms with van der Waals surface area (Å²) in [6.07, 6.45) is 8.74. The zero-order valence-electron chi connectivity index (χ0n) is 13.1. The number of ether oxygens (including phenoxy) is 1. The SMILES string of the molecule is CN(CCc1ccncc1)CC1(CNC2CC2)CCOC1. The molecule has 1 aromatic rings. The molecule has 1 saturated heterocycles. The normalized spacial score (nSPS) is 25.6. The zero-order valence-corrected chi connectivity index (χ0v) is 13.1. The summed E-state index contributed by atoms with van der Waals surface area (Å²) in [5.74, 6) is 0. The van der Waals surface area contributed by atoms with E-state index >= 15 is 0 Å². The van der Waals surface area contributed by atoms with E-state index in [2.05, 4.69) is 34.4 Å². The van der Waals surface area contributed by atoms with Crippen LogP contribution in [0.15, 0.2) is 24.5 Å². The predicted molar refractivity (Wildman–Crippen MR) is 84.3 cm³/mol. The van der Waals surface area contributed by atoms with Crippen LogP contribution in [-0.4, -0.2) is 55.8 Å². The van der Waals surface area contributed by atoms with E-state index < -0.39 is 0 Å². The molecule has 0 aromatic carbocycles. The van der Waals surface area contributed by atoms with Gasteiger partial charge in [-0.2, -0.15) is 0 Å². The number of nitrogens with zero attached hydrogens (tertiary/aromatic N) is 2. The molecule has 0 radical (unpaired) electrons. The van der Waals surface area contributed by atoms with Gasteiger partial charge in [-0.3, -0.25) is 4.98 Å². The van der Waals surface area contributed by atoms with Crippen LogP contribution >= 0.6 is 0 Å². The second-order valence-corrected chi connectivity index (χ2v) is 6.80. The monoisotopic (exact) mass is 289 g/mol. The van der Waals surface area contributed by atoms with Gasteiger partial charge in [0.2, 0.25) is 0 Å². The lowest BCUT2D eigenvalue weighted by atomic mass is 9.86. The second kappa shape index (κ2) is 6.86. The average Bonchev–Trinajstić information content (AvgIpc) is 3.24. The average molecular weight is 289 g/mol. The largest absolute Gasteiger partial charge is 0.381 e. The van der Waals surface area contributed by atoms with Crippen molar-refractivity contribution in [3.8, 4) is 0 Å². The third-order valence-corrected chi connectivity index (χ3v) is 4.66. The second-order valence-electron chi connectivity index (χ2n) is 6.80. The van der Waals surface area contributed by atoms with Crippen LogP contribution in [0.2, 0.25) is 0 Å². The standard InChI is InChI=1S/C17H27N3O/c1-20(10-6-15-4-8-18-9-5-15)13-17(7-11-21-14-17)12-19-16-2-3-16/h4-5,8-9,16,19H,2-3,6-7,10-14H2,1H3. The van der Waals surface area contributed by atoms with Gasteiger partial charge in [-0.05, 0) is 50.4 Å². The van der Waals surface area contributed by atoms with Crippen LogP contribution in [0.4, 0.5) is 0 Å². The van der Waals surface area contributed by atoms with Gasteiger partial charge >= 0.3 is 0 Å². The third kappa shape index (κ3) is 4.50. The van der Waals surface area contributed by atoms with Crippen molar-refractivity contribution in [2.24, 2.45) is 5.41 Å². The Morgan fingerprint density at radius 3 is 2.86 bits per heavy atom. The van der Waals surface area contributed by atoms with Crippen molar-refractivity contribution in [1.82, 2.24) is 15.2 Å². The van der Waals surface area contributed by atoms with Gasteiger partial charge in [0, 0.05) is 50.1 Å². The maximum Gasteiger partial charge on any atom is 0.0547 e. The summed E-state index contributed by atoms with van der Waals surface area (Å²) in [4.78, 5) is 6.54. The van der Waals surface area contributed by atoms with Gasteiger partial charge in [0.05, 0.1) is 6.61 Å². The first-order valence-corrected chi connectivity index (χ1v) is 8.14. The highest BCUT2D eigenvalue weighted by Crippen LogP contribution is 2.30. The smallest absolute Gasteiger partial charge is 0.0547 e. The number of hydrogen-bond donors (Lipinski definition) is 1. The predicted octanol–water partition coefficient (Wildman–Crippen LogP) is 1.71. The maximum absolute atomic E-state index is 5.70. The van der Waals surface area contributed by atoms with Crippen LogP contribution in [0.3, 0.4) is 0 Å². The van der Waals surface area contributed by atoms with Crippen molar-refractivity contribution in [1.29, 1.82) is 0 Å². The lowest BCUT2D eigenvalue weighted by molar-refractivity contribution is 0.119. The van der Waals surface area contributed by atoms with Gasteiger partial charge in [-0.15, -0.1) is 0 Å². The first-order chi connectivity index (χ1) is 10.3. The van der Waals surface area contributed by atoms with Crippen molar-refractivity contribution < 1.29 is 4.74 Å². The molecular formula is C17H27N3O. The van der Waals surface area contributed by atoms with Gasteiger partial charge in [0.25, 0.3) is 0 Å². The van der Waals surface area contributed by atoms with Crippen LogP contribution < -0.4 is 5.32 Å². The lowest BCUT2D eigenvalue weighted by Gasteiger charge is -2.32. The Bertz CT molecular complexity index is 427. The van der Waals surface area contributed by atoms with Crippen molar-refractivity contribution in [2.75, 3.05) is 39.9 Å². The maximum atomic E-state index is 5.70. The van der Waals surface area contributed by atoms with E-state index in [1.807, 2.05) is 12.4 Å². The first-order valence-electron chi connectivity index (χ1n) is 8.14. The molecule has 1 aliphatic carbocycles. The zero-order chi connectivity index (χ0) is 14.5. The van der Waals surface area contributed by atoms with Crippen molar-refractivity contribution in [3.63, 3.8) is 0 Å². The fraction of sp³-hybridized carbons (Fsp3) is 0.706. The summed E-state index contributed by atoms with van der Waals surface area (Å²) in [5, 5.41) is 3.70. The summed E-state index contributed by atoms with van der Waals surface area (Å²) in [5.41, 5.74) is 1.68. The molecule has 2 aliphatic rings. The molecule has 4 heteroatoms. The minimum atomic E-state index is 0.315. The molecule has 1 aromatic heterocycles. The van der Waals surface area contributed by atoms with Crippen molar-refractivity contribution in [2.45, 2.75) is 31.7 Å². The number of pyridine rings is 1. The molecule has 1 saturated carbocycles. The minimum Gasteiger partial charge on any atom is -0.381 e. The molecule has 1 aliphatic heterocycles. The van der Waals surface area contributed by atoms with Crippen molar-refractivity contribution in [3.05, 3.63) is 30.1 Å². The van der Waals surface area contributed by atoms with E-state index in [4.69, 9.17) is 4.74 Å². The van der Waals surface area contributed by atoms with Gasteiger partial charge in [0.1, 0.15) is 0 Å². The van der Waals surface area contributed by atoms with Crippen LogP contribution in [0.5, 0.6) is 0 Å². The Hall–Kier alpha value is -0.970. The molecule has 4 nitrogen and oxygen atoms in total.